The molecule has 0 fully saturated rings. The van der Waals surface area contributed by atoms with Gasteiger partial charge in [-0.25, -0.2) is 4.79 Å². The van der Waals surface area contributed by atoms with Gasteiger partial charge in [0.05, 0.1) is 10.2 Å². The number of aromatic amines is 1. The molecule has 1 heterocycles. The summed E-state index contributed by atoms with van der Waals surface area (Å²) < 4.78 is 27.2. The third-order valence-electron chi connectivity index (χ3n) is 2.56. The monoisotopic (exact) mass is 454 g/mol. The van der Waals surface area contributed by atoms with Crippen LogP contribution in [0.5, 0.6) is 5.75 Å². The Morgan fingerprint density at radius 2 is 1.95 bits per heavy atom. The molecule has 0 atom stereocenters. The topological polar surface area (TPSA) is 66.0 Å². The molecule has 0 radical (unpaired) electrons. The maximum absolute atomic E-state index is 13.0. The standard InChI is InChI=1S/C13H7Br2ClF2N2O2/c14-7-3-6(11(21)9(15)4-7)1-2-8-5-10(13(16,17)18)20-12(22)19-8/h1-5,21H,(H,19,20,22)/b2-1+. The number of phenols is 1. The van der Waals surface area contributed by atoms with Gasteiger partial charge in [-0.1, -0.05) is 15.9 Å². The molecule has 1 aromatic heterocycles. The molecule has 2 N–H and O–H groups in total. The molecule has 22 heavy (non-hydrogen) atoms. The summed E-state index contributed by atoms with van der Waals surface area (Å²) in [6.45, 7) is 0. The van der Waals surface area contributed by atoms with Crippen molar-refractivity contribution in [2.45, 2.75) is 5.38 Å². The Bertz CT molecular complexity index is 804. The zero-order valence-electron chi connectivity index (χ0n) is 10.6. The largest absolute Gasteiger partial charge is 0.506 e. The van der Waals surface area contributed by atoms with Crippen molar-refractivity contribution < 1.29 is 13.9 Å². The van der Waals surface area contributed by atoms with E-state index in [4.69, 9.17) is 11.6 Å². The summed E-state index contributed by atoms with van der Waals surface area (Å²) in [4.78, 5) is 16.7. The molecule has 1 aromatic carbocycles. The first-order valence-corrected chi connectivity index (χ1v) is 7.68. The van der Waals surface area contributed by atoms with Gasteiger partial charge >= 0.3 is 11.1 Å². The molecular weight excluding hydrogens is 449 g/mol. The molecular formula is C13H7Br2ClF2N2O2. The van der Waals surface area contributed by atoms with E-state index in [2.05, 4.69) is 36.8 Å². The van der Waals surface area contributed by atoms with Gasteiger partial charge in [-0.2, -0.15) is 13.8 Å². The minimum Gasteiger partial charge on any atom is -0.506 e. The van der Waals surface area contributed by atoms with Crippen LogP contribution < -0.4 is 5.69 Å². The molecule has 0 spiro atoms. The Labute approximate surface area is 145 Å². The van der Waals surface area contributed by atoms with Crippen molar-refractivity contribution in [1.82, 2.24) is 9.97 Å². The van der Waals surface area contributed by atoms with Gasteiger partial charge in [0.25, 0.3) is 0 Å². The van der Waals surface area contributed by atoms with Crippen molar-refractivity contribution in [2.75, 3.05) is 0 Å². The Morgan fingerprint density at radius 3 is 2.59 bits per heavy atom. The van der Waals surface area contributed by atoms with Crippen molar-refractivity contribution in [2.24, 2.45) is 0 Å². The van der Waals surface area contributed by atoms with E-state index in [0.717, 1.165) is 6.07 Å². The fourth-order valence-corrected chi connectivity index (χ4v) is 2.96. The third-order valence-corrected chi connectivity index (χ3v) is 3.83. The van der Waals surface area contributed by atoms with E-state index in [9.17, 15) is 18.7 Å². The van der Waals surface area contributed by atoms with Gasteiger partial charge in [0.1, 0.15) is 11.4 Å². The second-order valence-electron chi connectivity index (χ2n) is 4.18. The molecule has 0 amide bonds. The van der Waals surface area contributed by atoms with Crippen molar-refractivity contribution in [3.05, 3.63) is 54.6 Å². The van der Waals surface area contributed by atoms with Gasteiger partial charge in [0.15, 0.2) is 0 Å². The average Bonchev–Trinajstić information content (AvgIpc) is 2.39. The zero-order chi connectivity index (χ0) is 16.5. The van der Waals surface area contributed by atoms with E-state index in [0.29, 0.717) is 14.5 Å². The lowest BCUT2D eigenvalue weighted by Crippen LogP contribution is -2.18. The number of hydrogen-bond donors (Lipinski definition) is 2. The molecule has 2 aromatic rings. The van der Waals surface area contributed by atoms with Crippen LogP contribution in [0.25, 0.3) is 12.2 Å². The number of nitrogens with one attached hydrogen (secondary N) is 1. The van der Waals surface area contributed by atoms with Gasteiger partial charge in [0.2, 0.25) is 0 Å². The van der Waals surface area contributed by atoms with E-state index in [-0.39, 0.29) is 11.4 Å². The van der Waals surface area contributed by atoms with Crippen LogP contribution in [0, 0.1) is 0 Å². The fraction of sp³-hybridized carbons (Fsp3) is 0.0769. The molecule has 0 saturated heterocycles. The predicted octanol–water partition coefficient (Wildman–Crippen LogP) is 4.46. The number of alkyl halides is 3. The highest BCUT2D eigenvalue weighted by Crippen LogP contribution is 2.33. The van der Waals surface area contributed by atoms with Crippen LogP contribution in [0.4, 0.5) is 8.78 Å². The summed E-state index contributed by atoms with van der Waals surface area (Å²) in [5.74, 6) is -0.0350. The SMILES string of the molecule is O=c1nc(/C=C/c2cc(Br)cc(Br)c2O)cc(C(F)(F)Cl)[nH]1. The summed E-state index contributed by atoms with van der Waals surface area (Å²) in [6, 6.07) is 4.21. The number of rotatable bonds is 3. The maximum atomic E-state index is 13.0. The predicted molar refractivity (Wildman–Crippen MR) is 87.0 cm³/mol. The molecule has 0 aliphatic carbocycles. The van der Waals surface area contributed by atoms with E-state index >= 15 is 0 Å². The van der Waals surface area contributed by atoms with Crippen molar-refractivity contribution in [1.29, 1.82) is 0 Å². The van der Waals surface area contributed by atoms with Crippen molar-refractivity contribution in [3.63, 3.8) is 0 Å². The molecule has 4 nitrogen and oxygen atoms in total. The summed E-state index contributed by atoms with van der Waals surface area (Å²) in [5, 5.41) is 6.19. The lowest BCUT2D eigenvalue weighted by molar-refractivity contribution is 0.0894. The van der Waals surface area contributed by atoms with Crippen LogP contribution in [0.1, 0.15) is 17.0 Å². The van der Waals surface area contributed by atoms with Gasteiger partial charge in [-0.15, -0.1) is 0 Å². The lowest BCUT2D eigenvalue weighted by Gasteiger charge is -2.07. The second-order valence-corrected chi connectivity index (χ2v) is 6.43. The van der Waals surface area contributed by atoms with Gasteiger partial charge in [-0.05, 0) is 57.9 Å². The Morgan fingerprint density at radius 1 is 1.27 bits per heavy atom. The van der Waals surface area contributed by atoms with Crippen LogP contribution in [-0.4, -0.2) is 15.1 Å². The van der Waals surface area contributed by atoms with E-state index < -0.39 is 16.8 Å². The molecule has 2 rings (SSSR count). The minimum atomic E-state index is -3.70. The lowest BCUT2D eigenvalue weighted by atomic mass is 10.1. The summed E-state index contributed by atoms with van der Waals surface area (Å²) >= 11 is 11.3. The maximum Gasteiger partial charge on any atom is 0.362 e. The molecule has 0 unspecified atom stereocenters. The van der Waals surface area contributed by atoms with Crippen LogP contribution in [0.15, 0.2) is 31.9 Å². The van der Waals surface area contributed by atoms with E-state index in [1.165, 1.54) is 12.2 Å². The normalized spacial score (nSPS) is 12.0. The molecule has 0 saturated carbocycles. The molecule has 0 aliphatic heterocycles. The number of H-pyrrole nitrogens is 1. The molecule has 0 aliphatic rings. The van der Waals surface area contributed by atoms with Gasteiger partial charge < -0.3 is 10.1 Å². The van der Waals surface area contributed by atoms with Gasteiger partial charge in [-0.3, -0.25) is 0 Å². The third kappa shape index (κ3) is 4.15. The Kier molecular flexibility index (Phi) is 5.03. The first-order valence-electron chi connectivity index (χ1n) is 5.71. The summed E-state index contributed by atoms with van der Waals surface area (Å²) in [5.41, 5.74) is -1.32. The van der Waals surface area contributed by atoms with Crippen molar-refractivity contribution >= 4 is 55.6 Å². The highest BCUT2D eigenvalue weighted by Gasteiger charge is 2.29. The number of hydrogen-bond acceptors (Lipinski definition) is 3. The molecule has 9 heteroatoms. The number of nitrogens with zero attached hydrogens (tertiary/aromatic N) is 1. The summed E-state index contributed by atoms with van der Waals surface area (Å²) in [7, 11) is 0. The number of phenolic OH excluding ortho intramolecular Hbond substituents is 1. The minimum absolute atomic E-state index is 0.0189. The smallest absolute Gasteiger partial charge is 0.362 e. The summed E-state index contributed by atoms with van der Waals surface area (Å²) in [6.07, 6.45) is 2.75. The Balaban J connectivity index is 2.43. The fourth-order valence-electron chi connectivity index (χ4n) is 1.60. The van der Waals surface area contributed by atoms with Crippen LogP contribution in [0.2, 0.25) is 0 Å². The highest BCUT2D eigenvalue weighted by atomic mass is 79.9. The second kappa shape index (κ2) is 6.47. The van der Waals surface area contributed by atoms with Crippen molar-refractivity contribution in [3.8, 4) is 5.75 Å². The average molecular weight is 456 g/mol. The molecule has 116 valence electrons. The van der Waals surface area contributed by atoms with Crippen LogP contribution >= 0.6 is 43.5 Å². The first kappa shape index (κ1) is 17.1. The first-order chi connectivity index (χ1) is 10.2. The molecule has 0 bridgehead atoms. The number of halogens is 5. The van der Waals surface area contributed by atoms with Crippen LogP contribution in [0.3, 0.4) is 0 Å². The van der Waals surface area contributed by atoms with Crippen LogP contribution in [-0.2, 0) is 5.38 Å². The van der Waals surface area contributed by atoms with E-state index in [1.807, 2.05) is 4.98 Å². The number of aromatic hydroxyl groups is 1. The van der Waals surface area contributed by atoms with E-state index in [1.54, 1.807) is 12.1 Å². The number of aromatic nitrogens is 2. The van der Waals surface area contributed by atoms with Gasteiger partial charge in [0, 0.05) is 10.0 Å². The quantitative estimate of drug-likeness (QED) is 0.671. The Hall–Kier alpha value is -1.25. The number of benzene rings is 1. The zero-order valence-corrected chi connectivity index (χ0v) is 14.5. The highest BCUT2D eigenvalue weighted by molar-refractivity contribution is 9.11.